The summed E-state index contributed by atoms with van der Waals surface area (Å²) in [7, 11) is 0. The Hall–Kier alpha value is -1.43. The molecule has 0 atom stereocenters. The average Bonchev–Trinajstić information content (AvgIpc) is 2.87. The van der Waals surface area contributed by atoms with Gasteiger partial charge in [0.2, 0.25) is 5.91 Å². The van der Waals surface area contributed by atoms with Gasteiger partial charge in [0.15, 0.2) is 0 Å². The van der Waals surface area contributed by atoms with Crippen molar-refractivity contribution in [2.24, 2.45) is 11.7 Å². The van der Waals surface area contributed by atoms with E-state index in [1.807, 2.05) is 0 Å². The predicted octanol–water partition coefficient (Wildman–Crippen LogP) is 0.823. The number of nitrogens with zero attached hydrogens (tertiary/aromatic N) is 3. The molecular formula is C13H23N5O. The van der Waals surface area contributed by atoms with Crippen LogP contribution in [0.3, 0.4) is 0 Å². The maximum atomic E-state index is 11.7. The van der Waals surface area contributed by atoms with Crippen LogP contribution in [0.5, 0.6) is 0 Å². The molecule has 1 aromatic rings. The van der Waals surface area contributed by atoms with Crippen molar-refractivity contribution < 1.29 is 4.79 Å². The van der Waals surface area contributed by atoms with Crippen molar-refractivity contribution in [1.29, 1.82) is 0 Å². The first-order chi connectivity index (χ1) is 9.28. The SMILES string of the molecule is NCc1cn(CC(=O)NCCC2CCCCC2)nn1. The lowest BCUT2D eigenvalue weighted by atomic mass is 9.87. The van der Waals surface area contributed by atoms with Gasteiger partial charge in [0.25, 0.3) is 0 Å². The third-order valence-corrected chi connectivity index (χ3v) is 3.70. The Balaban J connectivity index is 1.63. The normalized spacial score (nSPS) is 16.5. The predicted molar refractivity (Wildman–Crippen MR) is 72.1 cm³/mol. The van der Waals surface area contributed by atoms with Crippen LogP contribution >= 0.6 is 0 Å². The van der Waals surface area contributed by atoms with Gasteiger partial charge in [-0.3, -0.25) is 4.79 Å². The fraction of sp³-hybridized carbons (Fsp3) is 0.769. The number of carbonyl (C=O) groups is 1. The van der Waals surface area contributed by atoms with Crippen molar-refractivity contribution in [1.82, 2.24) is 20.3 Å². The zero-order valence-electron chi connectivity index (χ0n) is 11.3. The van der Waals surface area contributed by atoms with Crippen LogP contribution in [-0.4, -0.2) is 27.4 Å². The topological polar surface area (TPSA) is 85.8 Å². The number of hydrogen-bond donors (Lipinski definition) is 2. The highest BCUT2D eigenvalue weighted by atomic mass is 16.2. The van der Waals surface area contributed by atoms with Gasteiger partial charge >= 0.3 is 0 Å². The van der Waals surface area contributed by atoms with E-state index in [4.69, 9.17) is 5.73 Å². The first kappa shape index (κ1) is 14.0. The van der Waals surface area contributed by atoms with Crippen molar-refractivity contribution >= 4 is 5.91 Å². The van der Waals surface area contributed by atoms with E-state index >= 15 is 0 Å². The van der Waals surface area contributed by atoms with Crippen LogP contribution in [0.2, 0.25) is 0 Å². The molecule has 0 radical (unpaired) electrons. The second kappa shape index (κ2) is 7.23. The number of amides is 1. The fourth-order valence-electron chi connectivity index (χ4n) is 2.60. The molecule has 1 heterocycles. The Labute approximate surface area is 113 Å². The van der Waals surface area contributed by atoms with Crippen LogP contribution < -0.4 is 11.1 Å². The van der Waals surface area contributed by atoms with Crippen LogP contribution in [0.4, 0.5) is 0 Å². The van der Waals surface area contributed by atoms with Crippen LogP contribution in [0.1, 0.15) is 44.2 Å². The van der Waals surface area contributed by atoms with Gasteiger partial charge in [-0.05, 0) is 12.3 Å². The molecule has 0 saturated heterocycles. The Morgan fingerprint density at radius 1 is 1.42 bits per heavy atom. The van der Waals surface area contributed by atoms with Crippen molar-refractivity contribution in [2.75, 3.05) is 6.54 Å². The van der Waals surface area contributed by atoms with E-state index in [0.717, 1.165) is 18.9 Å². The highest BCUT2D eigenvalue weighted by molar-refractivity contribution is 5.75. The summed E-state index contributed by atoms with van der Waals surface area (Å²) >= 11 is 0. The molecule has 1 saturated carbocycles. The van der Waals surface area contributed by atoms with Gasteiger partial charge in [0.1, 0.15) is 6.54 Å². The molecule has 1 aromatic heterocycles. The summed E-state index contributed by atoms with van der Waals surface area (Å²) in [4.78, 5) is 11.7. The number of aromatic nitrogens is 3. The Morgan fingerprint density at radius 2 is 2.21 bits per heavy atom. The van der Waals surface area contributed by atoms with Gasteiger partial charge < -0.3 is 11.1 Å². The quantitative estimate of drug-likeness (QED) is 0.797. The minimum absolute atomic E-state index is 0.00993. The van der Waals surface area contributed by atoms with Crippen molar-refractivity contribution in [2.45, 2.75) is 51.6 Å². The molecule has 19 heavy (non-hydrogen) atoms. The molecule has 3 N–H and O–H groups in total. The minimum Gasteiger partial charge on any atom is -0.354 e. The molecule has 6 heteroatoms. The zero-order chi connectivity index (χ0) is 13.5. The monoisotopic (exact) mass is 265 g/mol. The highest BCUT2D eigenvalue weighted by Crippen LogP contribution is 2.25. The average molecular weight is 265 g/mol. The lowest BCUT2D eigenvalue weighted by Crippen LogP contribution is -2.30. The number of hydrogen-bond acceptors (Lipinski definition) is 4. The first-order valence-electron chi connectivity index (χ1n) is 7.13. The standard InChI is InChI=1S/C13H23N5O/c14-8-12-9-18(17-16-12)10-13(19)15-7-6-11-4-2-1-3-5-11/h9,11H,1-8,10,14H2,(H,15,19). The molecule has 0 aromatic carbocycles. The van der Waals surface area contributed by atoms with E-state index in [0.29, 0.717) is 12.2 Å². The molecular weight excluding hydrogens is 242 g/mol. The van der Waals surface area contributed by atoms with Crippen LogP contribution in [0.25, 0.3) is 0 Å². The molecule has 1 amide bonds. The number of nitrogens with two attached hydrogens (primary N) is 1. The molecule has 0 aliphatic heterocycles. The third-order valence-electron chi connectivity index (χ3n) is 3.70. The minimum atomic E-state index is -0.00993. The third kappa shape index (κ3) is 4.63. The van der Waals surface area contributed by atoms with Gasteiger partial charge in [-0.25, -0.2) is 4.68 Å². The zero-order valence-corrected chi connectivity index (χ0v) is 11.3. The summed E-state index contributed by atoms with van der Waals surface area (Å²) in [6.07, 6.45) is 9.51. The maximum absolute atomic E-state index is 11.7. The van der Waals surface area contributed by atoms with Gasteiger partial charge in [-0.15, -0.1) is 5.10 Å². The van der Waals surface area contributed by atoms with E-state index < -0.39 is 0 Å². The Bertz CT molecular complexity index is 397. The van der Waals surface area contributed by atoms with Crippen LogP contribution in [-0.2, 0) is 17.9 Å². The molecule has 1 aliphatic carbocycles. The number of rotatable bonds is 6. The largest absolute Gasteiger partial charge is 0.354 e. The summed E-state index contributed by atoms with van der Waals surface area (Å²) < 4.78 is 1.53. The molecule has 0 unspecified atom stereocenters. The second-order valence-electron chi connectivity index (χ2n) is 5.25. The smallest absolute Gasteiger partial charge is 0.241 e. The second-order valence-corrected chi connectivity index (χ2v) is 5.25. The molecule has 1 fully saturated rings. The lowest BCUT2D eigenvalue weighted by Gasteiger charge is -2.21. The molecule has 106 valence electrons. The van der Waals surface area contributed by atoms with Crippen LogP contribution in [0, 0.1) is 5.92 Å². The summed E-state index contributed by atoms with van der Waals surface area (Å²) in [6.45, 7) is 1.34. The van der Waals surface area contributed by atoms with Gasteiger partial charge in [0.05, 0.1) is 11.9 Å². The van der Waals surface area contributed by atoms with Gasteiger partial charge in [-0.2, -0.15) is 0 Å². The summed E-state index contributed by atoms with van der Waals surface area (Å²) in [5.41, 5.74) is 6.14. The number of nitrogens with one attached hydrogen (secondary N) is 1. The van der Waals surface area contributed by atoms with Crippen molar-refractivity contribution in [3.8, 4) is 0 Å². The Kier molecular flexibility index (Phi) is 5.32. The fourth-order valence-corrected chi connectivity index (χ4v) is 2.60. The van der Waals surface area contributed by atoms with Gasteiger partial charge in [-0.1, -0.05) is 37.3 Å². The van der Waals surface area contributed by atoms with Gasteiger partial charge in [0, 0.05) is 13.1 Å². The maximum Gasteiger partial charge on any atom is 0.241 e. The van der Waals surface area contributed by atoms with E-state index in [2.05, 4.69) is 15.6 Å². The summed E-state index contributed by atoms with van der Waals surface area (Å²) in [5, 5.41) is 10.6. The van der Waals surface area contributed by atoms with Crippen molar-refractivity contribution in [3.05, 3.63) is 11.9 Å². The van der Waals surface area contributed by atoms with E-state index in [-0.39, 0.29) is 12.5 Å². The summed E-state index contributed by atoms with van der Waals surface area (Å²) in [6, 6.07) is 0. The van der Waals surface area contributed by atoms with Crippen molar-refractivity contribution in [3.63, 3.8) is 0 Å². The van der Waals surface area contributed by atoms with E-state index in [1.54, 1.807) is 6.20 Å². The molecule has 0 bridgehead atoms. The first-order valence-corrected chi connectivity index (χ1v) is 7.13. The van der Waals surface area contributed by atoms with E-state index in [1.165, 1.54) is 36.8 Å². The molecule has 0 spiro atoms. The molecule has 1 aliphatic rings. The van der Waals surface area contributed by atoms with E-state index in [9.17, 15) is 4.79 Å². The molecule has 2 rings (SSSR count). The summed E-state index contributed by atoms with van der Waals surface area (Å²) in [5.74, 6) is 0.786. The Morgan fingerprint density at radius 3 is 2.89 bits per heavy atom. The van der Waals surface area contributed by atoms with Crippen LogP contribution in [0.15, 0.2) is 6.20 Å². The highest BCUT2D eigenvalue weighted by Gasteiger charge is 2.13. The lowest BCUT2D eigenvalue weighted by molar-refractivity contribution is -0.121. The number of carbonyl (C=O) groups excluding carboxylic acids is 1. The molecule has 6 nitrogen and oxygen atoms in total.